The first-order valence-electron chi connectivity index (χ1n) is 9.51. The minimum Gasteiger partial charge on any atom is -0.343 e. The van der Waals surface area contributed by atoms with E-state index in [1.165, 1.54) is 0 Å². The van der Waals surface area contributed by atoms with E-state index in [0.29, 0.717) is 24.9 Å². The highest BCUT2D eigenvalue weighted by Crippen LogP contribution is 2.06. The molecule has 2 N–H and O–H groups in total. The van der Waals surface area contributed by atoms with Crippen LogP contribution in [0.3, 0.4) is 0 Å². The maximum Gasteiger partial charge on any atom is 0.223 e. The van der Waals surface area contributed by atoms with E-state index in [9.17, 15) is 9.59 Å². The Balaban J connectivity index is 4.31. The van der Waals surface area contributed by atoms with Gasteiger partial charge in [0.05, 0.1) is 0 Å². The highest BCUT2D eigenvalue weighted by molar-refractivity contribution is 5.86. The summed E-state index contributed by atoms with van der Waals surface area (Å²) in [6.07, 6.45) is 2.59. The molecule has 0 aromatic carbocycles. The first kappa shape index (κ1) is 23.1. The number of rotatable bonds is 14. The zero-order valence-electron chi connectivity index (χ0n) is 16.7. The number of amides is 1. The van der Waals surface area contributed by atoms with Gasteiger partial charge in [0, 0.05) is 43.9 Å². The third-order valence-electron chi connectivity index (χ3n) is 3.90. The van der Waals surface area contributed by atoms with Crippen molar-refractivity contribution in [2.45, 2.75) is 79.3 Å². The van der Waals surface area contributed by atoms with Crippen molar-refractivity contribution in [3.05, 3.63) is 0 Å². The first-order chi connectivity index (χ1) is 11.2. The van der Waals surface area contributed by atoms with Gasteiger partial charge in [-0.3, -0.25) is 9.59 Å². The van der Waals surface area contributed by atoms with E-state index in [-0.39, 0.29) is 17.6 Å². The molecule has 0 rings (SSSR count). The monoisotopic (exact) mass is 341 g/mol. The van der Waals surface area contributed by atoms with Gasteiger partial charge < -0.3 is 15.5 Å². The van der Waals surface area contributed by atoms with Crippen LogP contribution in [-0.4, -0.2) is 54.9 Å². The van der Waals surface area contributed by atoms with Gasteiger partial charge >= 0.3 is 0 Å². The van der Waals surface area contributed by atoms with Crippen LogP contribution in [-0.2, 0) is 9.59 Å². The van der Waals surface area contributed by atoms with Gasteiger partial charge in [-0.05, 0) is 25.9 Å². The van der Waals surface area contributed by atoms with Crippen LogP contribution in [0, 0.1) is 5.92 Å². The van der Waals surface area contributed by atoms with Crippen LogP contribution in [0.25, 0.3) is 0 Å². The summed E-state index contributed by atoms with van der Waals surface area (Å²) in [4.78, 5) is 26.1. The molecular weight excluding hydrogens is 302 g/mol. The molecule has 0 aliphatic carbocycles. The largest absolute Gasteiger partial charge is 0.343 e. The fourth-order valence-corrected chi connectivity index (χ4v) is 2.36. The van der Waals surface area contributed by atoms with Crippen molar-refractivity contribution in [2.75, 3.05) is 26.2 Å². The summed E-state index contributed by atoms with van der Waals surface area (Å²) >= 11 is 0. The van der Waals surface area contributed by atoms with Crippen LogP contribution in [0.15, 0.2) is 0 Å². The molecule has 0 atom stereocenters. The molecule has 0 spiro atoms. The molecule has 0 aliphatic rings. The zero-order valence-corrected chi connectivity index (χ0v) is 16.7. The quantitative estimate of drug-likeness (QED) is 0.477. The van der Waals surface area contributed by atoms with Crippen LogP contribution in [0.4, 0.5) is 0 Å². The van der Waals surface area contributed by atoms with Gasteiger partial charge in [0.25, 0.3) is 0 Å². The van der Waals surface area contributed by atoms with E-state index in [1.807, 2.05) is 18.7 Å². The molecule has 0 saturated heterocycles. The Morgan fingerprint density at radius 1 is 0.792 bits per heavy atom. The molecule has 1 amide bonds. The lowest BCUT2D eigenvalue weighted by Crippen LogP contribution is -2.37. The molecule has 0 fully saturated rings. The third kappa shape index (κ3) is 12.5. The number of nitrogens with one attached hydrogen (secondary N) is 2. The second-order valence-electron chi connectivity index (χ2n) is 7.43. The normalized spacial score (nSPS) is 11.5. The predicted octanol–water partition coefficient (Wildman–Crippen LogP) is 2.60. The van der Waals surface area contributed by atoms with Crippen molar-refractivity contribution in [1.29, 1.82) is 0 Å². The molecule has 142 valence electrons. The number of carbonyl (C=O) groups excluding carboxylic acids is 2. The standard InChI is InChI=1S/C19H39N3O2/c1-15(2)18(23)9-10-19(24)22(13-7-11-20-16(3)4)14-8-12-21-17(5)6/h15-17,20-21H,7-14H2,1-6H3. The SMILES string of the molecule is CC(C)NCCCN(CCCNC(C)C)C(=O)CCC(=O)C(C)C. The number of ketones is 1. The summed E-state index contributed by atoms with van der Waals surface area (Å²) in [7, 11) is 0. The van der Waals surface area contributed by atoms with E-state index >= 15 is 0 Å². The average molecular weight is 342 g/mol. The minimum absolute atomic E-state index is 0.0109. The highest BCUT2D eigenvalue weighted by atomic mass is 16.2. The molecule has 0 radical (unpaired) electrons. The number of nitrogens with zero attached hydrogens (tertiary/aromatic N) is 1. The van der Waals surface area contributed by atoms with Crippen molar-refractivity contribution in [1.82, 2.24) is 15.5 Å². The van der Waals surface area contributed by atoms with E-state index < -0.39 is 0 Å². The molecule has 0 aromatic rings. The van der Waals surface area contributed by atoms with Gasteiger partial charge in [0.15, 0.2) is 0 Å². The summed E-state index contributed by atoms with van der Waals surface area (Å²) in [5, 5.41) is 6.77. The molecule has 0 bridgehead atoms. The minimum atomic E-state index is 0.0109. The summed E-state index contributed by atoms with van der Waals surface area (Å²) in [6, 6.07) is 0.932. The Morgan fingerprint density at radius 3 is 1.62 bits per heavy atom. The fourth-order valence-electron chi connectivity index (χ4n) is 2.36. The van der Waals surface area contributed by atoms with E-state index in [1.54, 1.807) is 0 Å². The smallest absolute Gasteiger partial charge is 0.223 e. The van der Waals surface area contributed by atoms with E-state index in [0.717, 1.165) is 39.0 Å². The molecule has 0 unspecified atom stereocenters. The lowest BCUT2D eigenvalue weighted by molar-refractivity contribution is -0.133. The Morgan fingerprint density at radius 2 is 1.25 bits per heavy atom. The summed E-state index contributed by atoms with van der Waals surface area (Å²) in [5.41, 5.74) is 0. The Bertz CT molecular complexity index is 339. The molecule has 0 saturated carbocycles. The fraction of sp³-hybridized carbons (Fsp3) is 0.895. The molecule has 5 heteroatoms. The second-order valence-corrected chi connectivity index (χ2v) is 7.43. The Hall–Kier alpha value is -0.940. The van der Waals surface area contributed by atoms with Gasteiger partial charge in [-0.1, -0.05) is 41.5 Å². The summed E-state index contributed by atoms with van der Waals surface area (Å²) in [6.45, 7) is 15.6. The number of Topliss-reactive ketones (excluding diaryl/α,β-unsaturated/α-hetero) is 1. The molecule has 24 heavy (non-hydrogen) atoms. The van der Waals surface area contributed by atoms with Crippen LogP contribution < -0.4 is 10.6 Å². The molecule has 5 nitrogen and oxygen atoms in total. The van der Waals surface area contributed by atoms with Crippen molar-refractivity contribution in [3.63, 3.8) is 0 Å². The Kier molecular flexibility index (Phi) is 12.8. The highest BCUT2D eigenvalue weighted by Gasteiger charge is 2.16. The van der Waals surface area contributed by atoms with Gasteiger partial charge in [0.1, 0.15) is 5.78 Å². The summed E-state index contributed by atoms with van der Waals surface area (Å²) < 4.78 is 0. The second kappa shape index (κ2) is 13.4. The van der Waals surface area contributed by atoms with Crippen LogP contribution in [0.2, 0.25) is 0 Å². The van der Waals surface area contributed by atoms with Crippen molar-refractivity contribution < 1.29 is 9.59 Å². The van der Waals surface area contributed by atoms with E-state index in [4.69, 9.17) is 0 Å². The van der Waals surface area contributed by atoms with Crippen LogP contribution in [0.1, 0.15) is 67.2 Å². The van der Waals surface area contributed by atoms with Crippen molar-refractivity contribution in [2.24, 2.45) is 5.92 Å². The molecular formula is C19H39N3O2. The third-order valence-corrected chi connectivity index (χ3v) is 3.90. The molecule has 0 aliphatic heterocycles. The number of hydrogen-bond acceptors (Lipinski definition) is 4. The lowest BCUT2D eigenvalue weighted by atomic mass is 10.0. The van der Waals surface area contributed by atoms with E-state index in [2.05, 4.69) is 38.3 Å². The van der Waals surface area contributed by atoms with Crippen molar-refractivity contribution >= 4 is 11.7 Å². The topological polar surface area (TPSA) is 61.4 Å². The summed E-state index contributed by atoms with van der Waals surface area (Å²) in [5.74, 6) is 0.293. The molecule has 0 heterocycles. The van der Waals surface area contributed by atoms with Gasteiger partial charge in [-0.25, -0.2) is 0 Å². The molecule has 0 aromatic heterocycles. The lowest BCUT2D eigenvalue weighted by Gasteiger charge is -2.23. The number of carbonyl (C=O) groups is 2. The first-order valence-corrected chi connectivity index (χ1v) is 9.51. The maximum atomic E-state index is 12.5. The van der Waals surface area contributed by atoms with Crippen LogP contribution >= 0.6 is 0 Å². The average Bonchev–Trinajstić information content (AvgIpc) is 2.49. The predicted molar refractivity (Wildman–Crippen MR) is 101 cm³/mol. The Labute approximate surface area is 148 Å². The van der Waals surface area contributed by atoms with Gasteiger partial charge in [-0.2, -0.15) is 0 Å². The van der Waals surface area contributed by atoms with Gasteiger partial charge in [0.2, 0.25) is 5.91 Å². The zero-order chi connectivity index (χ0) is 18.5. The van der Waals surface area contributed by atoms with Gasteiger partial charge in [-0.15, -0.1) is 0 Å². The van der Waals surface area contributed by atoms with Crippen molar-refractivity contribution in [3.8, 4) is 0 Å². The maximum absolute atomic E-state index is 12.5. The number of hydrogen-bond donors (Lipinski definition) is 2. The van der Waals surface area contributed by atoms with Crippen LogP contribution in [0.5, 0.6) is 0 Å².